The molecular formula is C12H14N2O. The van der Waals surface area contributed by atoms with Crippen molar-refractivity contribution in [3.8, 4) is 0 Å². The third-order valence-corrected chi connectivity index (χ3v) is 2.84. The van der Waals surface area contributed by atoms with Crippen molar-refractivity contribution in [2.45, 2.75) is 12.5 Å². The fourth-order valence-corrected chi connectivity index (χ4v) is 1.93. The van der Waals surface area contributed by atoms with Crippen molar-refractivity contribution < 1.29 is 4.79 Å². The molecule has 15 heavy (non-hydrogen) atoms. The van der Waals surface area contributed by atoms with Gasteiger partial charge in [0.2, 0.25) is 6.08 Å². The van der Waals surface area contributed by atoms with Gasteiger partial charge in [-0.25, -0.2) is 9.79 Å². The maximum absolute atomic E-state index is 9.95. The number of hydrogen-bond donors (Lipinski definition) is 0. The second-order valence-electron chi connectivity index (χ2n) is 4.07. The normalized spacial score (nSPS) is 16.9. The molecule has 0 bridgehead atoms. The Morgan fingerprint density at radius 3 is 2.60 bits per heavy atom. The maximum Gasteiger partial charge on any atom is 0.235 e. The summed E-state index contributed by atoms with van der Waals surface area (Å²) in [5, 5.41) is 0. The topological polar surface area (TPSA) is 32.7 Å². The van der Waals surface area contributed by atoms with E-state index in [-0.39, 0.29) is 0 Å². The summed E-state index contributed by atoms with van der Waals surface area (Å²) in [5.74, 6) is 0.679. The number of likely N-dealkylation sites (N-methyl/N-ethyl adjacent to an activating group) is 1. The fraction of sp³-hybridized carbons (Fsp3) is 0.417. The number of hydrogen-bond acceptors (Lipinski definition) is 3. The highest BCUT2D eigenvalue weighted by molar-refractivity contribution is 5.34. The molecule has 1 aromatic rings. The van der Waals surface area contributed by atoms with E-state index in [2.05, 4.69) is 29.1 Å². The van der Waals surface area contributed by atoms with Crippen LogP contribution in [0.15, 0.2) is 29.3 Å². The number of isocyanates is 1. The molecule has 0 radical (unpaired) electrons. The van der Waals surface area contributed by atoms with Crippen LogP contribution in [0.5, 0.6) is 0 Å². The Kier molecular flexibility index (Phi) is 2.95. The van der Waals surface area contributed by atoms with Crippen molar-refractivity contribution in [1.29, 1.82) is 0 Å². The largest absolute Gasteiger partial charge is 0.305 e. The van der Waals surface area contributed by atoms with Gasteiger partial charge >= 0.3 is 0 Å². The SMILES string of the molecule is CN1CC(c2ccc(CN=C=O)cc2)C1. The van der Waals surface area contributed by atoms with Crippen molar-refractivity contribution in [2.24, 2.45) is 4.99 Å². The monoisotopic (exact) mass is 202 g/mol. The van der Waals surface area contributed by atoms with Crippen LogP contribution in [0.1, 0.15) is 17.0 Å². The minimum absolute atomic E-state index is 0.439. The van der Waals surface area contributed by atoms with Crippen LogP contribution in [0.25, 0.3) is 0 Å². The van der Waals surface area contributed by atoms with E-state index in [4.69, 9.17) is 0 Å². The van der Waals surface area contributed by atoms with Crippen molar-refractivity contribution in [2.75, 3.05) is 20.1 Å². The average molecular weight is 202 g/mol. The van der Waals surface area contributed by atoms with Gasteiger partial charge in [-0.2, -0.15) is 0 Å². The first-order chi connectivity index (χ1) is 7.29. The van der Waals surface area contributed by atoms with E-state index < -0.39 is 0 Å². The first-order valence-corrected chi connectivity index (χ1v) is 5.10. The molecule has 1 saturated heterocycles. The molecular weight excluding hydrogens is 188 g/mol. The molecule has 0 spiro atoms. The Hall–Kier alpha value is -1.44. The van der Waals surface area contributed by atoms with Gasteiger partial charge in [0, 0.05) is 19.0 Å². The highest BCUT2D eigenvalue weighted by Crippen LogP contribution is 2.25. The van der Waals surface area contributed by atoms with Crippen LogP contribution < -0.4 is 0 Å². The molecule has 1 fully saturated rings. The molecule has 0 atom stereocenters. The van der Waals surface area contributed by atoms with Crippen molar-refractivity contribution in [3.05, 3.63) is 35.4 Å². The Morgan fingerprint density at radius 2 is 2.07 bits per heavy atom. The lowest BCUT2D eigenvalue weighted by Gasteiger charge is -2.36. The van der Waals surface area contributed by atoms with E-state index in [9.17, 15) is 4.79 Å². The second kappa shape index (κ2) is 4.39. The summed E-state index contributed by atoms with van der Waals surface area (Å²) in [4.78, 5) is 15.8. The first-order valence-electron chi connectivity index (χ1n) is 5.10. The summed E-state index contributed by atoms with van der Waals surface area (Å²) in [6.45, 7) is 2.73. The van der Waals surface area contributed by atoms with Crippen LogP contribution >= 0.6 is 0 Å². The van der Waals surface area contributed by atoms with Crippen LogP contribution in [0.3, 0.4) is 0 Å². The zero-order chi connectivity index (χ0) is 10.7. The van der Waals surface area contributed by atoms with Crippen molar-refractivity contribution in [3.63, 3.8) is 0 Å². The summed E-state index contributed by atoms with van der Waals surface area (Å²) in [6, 6.07) is 8.34. The van der Waals surface area contributed by atoms with Crippen LogP contribution in [0.2, 0.25) is 0 Å². The summed E-state index contributed by atoms with van der Waals surface area (Å²) < 4.78 is 0. The summed E-state index contributed by atoms with van der Waals surface area (Å²) in [7, 11) is 2.13. The van der Waals surface area contributed by atoms with Gasteiger partial charge in [-0.3, -0.25) is 0 Å². The summed E-state index contributed by atoms with van der Waals surface area (Å²) >= 11 is 0. The number of rotatable bonds is 3. The zero-order valence-electron chi connectivity index (χ0n) is 8.81. The third-order valence-electron chi connectivity index (χ3n) is 2.84. The maximum atomic E-state index is 9.95. The molecule has 1 aliphatic heterocycles. The molecule has 3 nitrogen and oxygen atoms in total. The van der Waals surface area contributed by atoms with E-state index in [0.717, 1.165) is 18.7 Å². The fourth-order valence-electron chi connectivity index (χ4n) is 1.93. The summed E-state index contributed by atoms with van der Waals surface area (Å²) in [5.41, 5.74) is 2.45. The Bertz CT molecular complexity index is 373. The zero-order valence-corrected chi connectivity index (χ0v) is 8.81. The smallest absolute Gasteiger partial charge is 0.235 e. The van der Waals surface area contributed by atoms with Gasteiger partial charge in [0.1, 0.15) is 0 Å². The molecule has 3 heteroatoms. The molecule has 0 amide bonds. The molecule has 1 heterocycles. The molecule has 0 unspecified atom stereocenters. The van der Waals surface area contributed by atoms with Crippen molar-refractivity contribution in [1.82, 2.24) is 4.90 Å². The highest BCUT2D eigenvalue weighted by Gasteiger charge is 2.24. The first kappa shape index (κ1) is 10.1. The van der Waals surface area contributed by atoms with E-state index in [0.29, 0.717) is 12.5 Å². The van der Waals surface area contributed by atoms with E-state index in [1.54, 1.807) is 6.08 Å². The molecule has 0 aliphatic carbocycles. The van der Waals surface area contributed by atoms with Gasteiger partial charge in [-0.1, -0.05) is 24.3 Å². The van der Waals surface area contributed by atoms with Gasteiger partial charge in [-0.15, -0.1) is 0 Å². The molecule has 2 rings (SSSR count). The molecule has 1 aromatic carbocycles. The van der Waals surface area contributed by atoms with Crippen molar-refractivity contribution >= 4 is 6.08 Å². The lowest BCUT2D eigenvalue weighted by atomic mass is 9.91. The standard InChI is InChI=1S/C12H14N2O/c1-14-7-12(8-14)11-4-2-10(3-5-11)6-13-9-15/h2-5,12H,6-8H2,1H3. The van der Waals surface area contributed by atoms with Crippen LogP contribution in [0.4, 0.5) is 0 Å². The molecule has 0 N–H and O–H groups in total. The third kappa shape index (κ3) is 2.32. The molecule has 1 aliphatic rings. The van der Waals surface area contributed by atoms with E-state index in [1.807, 2.05) is 12.1 Å². The van der Waals surface area contributed by atoms with Crippen LogP contribution in [-0.4, -0.2) is 31.1 Å². The minimum Gasteiger partial charge on any atom is -0.305 e. The van der Waals surface area contributed by atoms with Crippen LogP contribution in [-0.2, 0) is 11.3 Å². The predicted molar refractivity (Wildman–Crippen MR) is 58.5 cm³/mol. The molecule has 78 valence electrons. The quantitative estimate of drug-likeness (QED) is 0.550. The van der Waals surface area contributed by atoms with Gasteiger partial charge in [0.25, 0.3) is 0 Å². The number of nitrogens with zero attached hydrogens (tertiary/aromatic N) is 2. The Balaban J connectivity index is 2.00. The number of carbonyl (C=O) groups excluding carboxylic acids is 1. The van der Waals surface area contributed by atoms with Gasteiger partial charge < -0.3 is 4.90 Å². The highest BCUT2D eigenvalue weighted by atomic mass is 16.1. The van der Waals surface area contributed by atoms with Gasteiger partial charge in [0.15, 0.2) is 0 Å². The lowest BCUT2D eigenvalue weighted by molar-refractivity contribution is 0.190. The second-order valence-corrected chi connectivity index (χ2v) is 4.07. The number of benzene rings is 1. The van der Waals surface area contributed by atoms with E-state index >= 15 is 0 Å². The Morgan fingerprint density at radius 1 is 1.40 bits per heavy atom. The van der Waals surface area contributed by atoms with E-state index in [1.165, 1.54) is 5.56 Å². The average Bonchev–Trinajstić information content (AvgIpc) is 2.23. The lowest BCUT2D eigenvalue weighted by Crippen LogP contribution is -2.41. The van der Waals surface area contributed by atoms with Gasteiger partial charge in [-0.05, 0) is 18.2 Å². The Labute approximate surface area is 89.4 Å². The van der Waals surface area contributed by atoms with Gasteiger partial charge in [0.05, 0.1) is 6.54 Å². The molecule has 0 aromatic heterocycles. The predicted octanol–water partition coefficient (Wildman–Crippen LogP) is 1.55. The molecule has 0 saturated carbocycles. The number of aliphatic imine (C=N–C) groups is 1. The summed E-state index contributed by atoms with van der Waals surface area (Å²) in [6.07, 6.45) is 1.55. The van der Waals surface area contributed by atoms with Crippen LogP contribution in [0, 0.1) is 0 Å². The number of likely N-dealkylation sites (tertiary alicyclic amines) is 1. The minimum atomic E-state index is 0.439.